The van der Waals surface area contributed by atoms with Crippen molar-refractivity contribution in [2.24, 2.45) is 0 Å². The van der Waals surface area contributed by atoms with Gasteiger partial charge in [0.2, 0.25) is 10.0 Å². The van der Waals surface area contributed by atoms with Crippen molar-refractivity contribution in [3.05, 3.63) is 48.0 Å². The maximum Gasteiger partial charge on any atom is 0.265 e. The second-order valence-electron chi connectivity index (χ2n) is 8.30. The Morgan fingerprint density at radius 2 is 1.85 bits per heavy atom. The first kappa shape index (κ1) is 23.1. The number of fused-ring (bicyclic) bond motifs is 1. The number of benzene rings is 2. The van der Waals surface area contributed by atoms with E-state index in [-0.39, 0.29) is 29.8 Å². The van der Waals surface area contributed by atoms with E-state index in [0.717, 1.165) is 5.69 Å². The van der Waals surface area contributed by atoms with Crippen molar-refractivity contribution in [3.8, 4) is 5.75 Å². The quantitative estimate of drug-likeness (QED) is 0.715. The average molecular weight is 473 g/mol. The summed E-state index contributed by atoms with van der Waals surface area (Å²) in [6.45, 7) is 2.83. The first-order valence-electron chi connectivity index (χ1n) is 10.9. The topological polar surface area (TPSA) is 99.3 Å². The summed E-state index contributed by atoms with van der Waals surface area (Å²) in [7, 11) is 0.0387. The van der Waals surface area contributed by atoms with Crippen LogP contribution in [0.2, 0.25) is 0 Å². The summed E-state index contributed by atoms with van der Waals surface area (Å²) in [5, 5.41) is 2.73. The minimum atomic E-state index is -3.78. The number of nitrogens with one attached hydrogen (secondary N) is 1. The third kappa shape index (κ3) is 4.53. The first-order valence-corrected chi connectivity index (χ1v) is 12.3. The van der Waals surface area contributed by atoms with Crippen LogP contribution in [0.25, 0.3) is 0 Å². The Morgan fingerprint density at radius 1 is 1.12 bits per heavy atom. The molecule has 1 fully saturated rings. The zero-order chi connectivity index (χ0) is 23.8. The van der Waals surface area contributed by atoms with Crippen LogP contribution >= 0.6 is 0 Å². The summed E-state index contributed by atoms with van der Waals surface area (Å²) in [6.07, 6.45) is -0.0581. The van der Waals surface area contributed by atoms with Crippen LogP contribution < -0.4 is 15.0 Å². The van der Waals surface area contributed by atoms with Crippen LogP contribution in [-0.4, -0.2) is 75.8 Å². The van der Waals surface area contributed by atoms with E-state index in [1.807, 2.05) is 44.1 Å². The second-order valence-corrected chi connectivity index (χ2v) is 10.2. The molecule has 2 aromatic rings. The number of rotatable bonds is 5. The van der Waals surface area contributed by atoms with E-state index in [1.165, 1.54) is 16.4 Å². The highest BCUT2D eigenvalue weighted by Crippen LogP contribution is 2.33. The van der Waals surface area contributed by atoms with Gasteiger partial charge in [0, 0.05) is 51.5 Å². The molecule has 9 nitrogen and oxygen atoms in total. The Labute approximate surface area is 194 Å². The molecule has 1 atom stereocenters. The molecule has 0 aromatic heterocycles. The molecule has 0 saturated carbocycles. The van der Waals surface area contributed by atoms with E-state index in [0.29, 0.717) is 36.5 Å². The molecule has 33 heavy (non-hydrogen) atoms. The summed E-state index contributed by atoms with van der Waals surface area (Å²) in [4.78, 5) is 28.7. The predicted octanol–water partition coefficient (Wildman–Crippen LogP) is 2.01. The monoisotopic (exact) mass is 472 g/mol. The SMILES string of the molecule is CCC1Oc2ccc(S(=O)(=O)N3CCN(C(=O)c4cccc(N(C)C)c4)CC3)cc2NC1=O. The van der Waals surface area contributed by atoms with Gasteiger partial charge in [0.05, 0.1) is 10.6 Å². The molecule has 176 valence electrons. The molecular formula is C23H28N4O5S. The van der Waals surface area contributed by atoms with Crippen LogP contribution in [-0.2, 0) is 14.8 Å². The smallest absolute Gasteiger partial charge is 0.265 e. The molecule has 2 aliphatic heterocycles. The van der Waals surface area contributed by atoms with Crippen molar-refractivity contribution >= 4 is 33.2 Å². The van der Waals surface area contributed by atoms with Gasteiger partial charge in [0.25, 0.3) is 11.8 Å². The van der Waals surface area contributed by atoms with Gasteiger partial charge in [-0.15, -0.1) is 0 Å². The molecule has 1 N–H and O–H groups in total. The molecule has 0 aliphatic carbocycles. The number of sulfonamides is 1. The van der Waals surface area contributed by atoms with Gasteiger partial charge in [-0.1, -0.05) is 13.0 Å². The lowest BCUT2D eigenvalue weighted by atomic mass is 10.1. The number of carbonyl (C=O) groups is 2. The zero-order valence-corrected chi connectivity index (χ0v) is 19.8. The van der Waals surface area contributed by atoms with Gasteiger partial charge >= 0.3 is 0 Å². The average Bonchev–Trinajstić information content (AvgIpc) is 2.82. The Morgan fingerprint density at radius 3 is 2.52 bits per heavy atom. The number of ether oxygens (including phenoxy) is 1. The number of anilines is 2. The van der Waals surface area contributed by atoms with Crippen LogP contribution in [0.15, 0.2) is 47.4 Å². The lowest BCUT2D eigenvalue weighted by molar-refractivity contribution is -0.123. The third-order valence-corrected chi connectivity index (χ3v) is 7.81. The fraction of sp³-hybridized carbons (Fsp3) is 0.391. The van der Waals surface area contributed by atoms with Gasteiger partial charge in [-0.25, -0.2) is 8.42 Å². The van der Waals surface area contributed by atoms with Gasteiger partial charge < -0.3 is 19.9 Å². The van der Waals surface area contributed by atoms with E-state index >= 15 is 0 Å². The Hall–Kier alpha value is -3.11. The van der Waals surface area contributed by atoms with E-state index in [1.54, 1.807) is 17.0 Å². The minimum absolute atomic E-state index is 0.0820. The molecule has 4 rings (SSSR count). The molecule has 2 heterocycles. The normalized spacial score (nSPS) is 18.8. The zero-order valence-electron chi connectivity index (χ0n) is 18.9. The minimum Gasteiger partial charge on any atom is -0.478 e. The summed E-state index contributed by atoms with van der Waals surface area (Å²) in [6, 6.07) is 11.9. The number of hydrogen-bond acceptors (Lipinski definition) is 6. The molecule has 2 aliphatic rings. The summed E-state index contributed by atoms with van der Waals surface area (Å²) in [5.74, 6) is 0.0515. The summed E-state index contributed by atoms with van der Waals surface area (Å²) < 4.78 is 33.4. The number of hydrogen-bond donors (Lipinski definition) is 1. The lowest BCUT2D eigenvalue weighted by Crippen LogP contribution is -2.50. The first-order chi connectivity index (χ1) is 15.7. The number of carbonyl (C=O) groups excluding carboxylic acids is 2. The van der Waals surface area contributed by atoms with Crippen LogP contribution in [0, 0.1) is 0 Å². The highest BCUT2D eigenvalue weighted by molar-refractivity contribution is 7.89. The fourth-order valence-electron chi connectivity index (χ4n) is 3.94. The molecule has 2 amide bonds. The van der Waals surface area contributed by atoms with Crippen molar-refractivity contribution in [3.63, 3.8) is 0 Å². The fourth-order valence-corrected chi connectivity index (χ4v) is 5.39. The molecule has 2 aromatic carbocycles. The summed E-state index contributed by atoms with van der Waals surface area (Å²) in [5.41, 5.74) is 1.85. The molecule has 1 saturated heterocycles. The van der Waals surface area contributed by atoms with Crippen LogP contribution in [0.5, 0.6) is 5.75 Å². The predicted molar refractivity (Wildman–Crippen MR) is 125 cm³/mol. The van der Waals surface area contributed by atoms with E-state index < -0.39 is 16.1 Å². The molecule has 1 unspecified atom stereocenters. The summed E-state index contributed by atoms with van der Waals surface area (Å²) >= 11 is 0. The second kappa shape index (κ2) is 9.03. The highest BCUT2D eigenvalue weighted by atomic mass is 32.2. The third-order valence-electron chi connectivity index (χ3n) is 5.91. The van der Waals surface area contributed by atoms with Gasteiger partial charge in [-0.3, -0.25) is 9.59 Å². The Kier molecular flexibility index (Phi) is 6.31. The van der Waals surface area contributed by atoms with Crippen molar-refractivity contribution in [1.29, 1.82) is 0 Å². The van der Waals surface area contributed by atoms with E-state index in [2.05, 4.69) is 5.32 Å². The van der Waals surface area contributed by atoms with Crippen molar-refractivity contribution in [1.82, 2.24) is 9.21 Å². The van der Waals surface area contributed by atoms with Crippen LogP contribution in [0.4, 0.5) is 11.4 Å². The van der Waals surface area contributed by atoms with Gasteiger partial charge in [-0.05, 0) is 42.8 Å². The van der Waals surface area contributed by atoms with Crippen LogP contribution in [0.1, 0.15) is 23.7 Å². The Balaban J connectivity index is 1.45. The van der Waals surface area contributed by atoms with E-state index in [9.17, 15) is 18.0 Å². The maximum absolute atomic E-state index is 13.2. The maximum atomic E-state index is 13.2. The molecule has 0 spiro atoms. The van der Waals surface area contributed by atoms with Crippen LogP contribution in [0.3, 0.4) is 0 Å². The van der Waals surface area contributed by atoms with Crippen molar-refractivity contribution in [2.75, 3.05) is 50.5 Å². The van der Waals surface area contributed by atoms with Gasteiger partial charge in [0.1, 0.15) is 5.75 Å². The molecule has 0 bridgehead atoms. The molecule has 0 radical (unpaired) electrons. The molecular weight excluding hydrogens is 444 g/mol. The Bertz CT molecular complexity index is 1170. The van der Waals surface area contributed by atoms with Gasteiger partial charge in [0.15, 0.2) is 6.10 Å². The number of amides is 2. The molecule has 10 heteroatoms. The van der Waals surface area contributed by atoms with E-state index in [4.69, 9.17) is 4.74 Å². The van der Waals surface area contributed by atoms with Crippen molar-refractivity contribution in [2.45, 2.75) is 24.3 Å². The largest absolute Gasteiger partial charge is 0.478 e. The number of nitrogens with zero attached hydrogens (tertiary/aromatic N) is 3. The highest BCUT2D eigenvalue weighted by Gasteiger charge is 2.32. The van der Waals surface area contributed by atoms with Gasteiger partial charge in [-0.2, -0.15) is 4.31 Å². The number of piperazine rings is 1. The van der Waals surface area contributed by atoms with Crippen molar-refractivity contribution < 1.29 is 22.7 Å². The lowest BCUT2D eigenvalue weighted by Gasteiger charge is -2.34. The standard InChI is InChI=1S/C23H28N4O5S/c1-4-20-22(28)24-19-15-18(8-9-21(19)32-20)33(30,31)27-12-10-26(11-13-27)23(29)16-6-5-7-17(14-16)25(2)3/h5-9,14-15,20H,4,10-13H2,1-3H3,(H,24,28).